The third-order valence-corrected chi connectivity index (χ3v) is 3.85. The summed E-state index contributed by atoms with van der Waals surface area (Å²) in [5.74, 6) is -2.21. The van der Waals surface area contributed by atoms with E-state index >= 15 is 0 Å². The molecule has 0 aromatic carbocycles. The van der Waals surface area contributed by atoms with Gasteiger partial charge in [-0.3, -0.25) is 4.99 Å². The van der Waals surface area contributed by atoms with E-state index in [2.05, 4.69) is 18.2 Å². The van der Waals surface area contributed by atoms with Crippen molar-refractivity contribution in [3.63, 3.8) is 0 Å². The van der Waals surface area contributed by atoms with Crippen molar-refractivity contribution >= 4 is 5.71 Å². The maximum absolute atomic E-state index is 13.3. The van der Waals surface area contributed by atoms with E-state index in [-0.39, 0.29) is 18.6 Å². The Kier molecular flexibility index (Phi) is 5.92. The number of aliphatic imine (C=N–C) groups is 1. The van der Waals surface area contributed by atoms with Crippen LogP contribution in [0.5, 0.6) is 0 Å². The number of ether oxygens (including phenoxy) is 1. The van der Waals surface area contributed by atoms with E-state index in [4.69, 9.17) is 4.74 Å². The Labute approximate surface area is 149 Å². The lowest BCUT2D eigenvalue weighted by Crippen LogP contribution is -2.33. The summed E-state index contributed by atoms with van der Waals surface area (Å²) in [5, 5.41) is 19.0. The molecule has 0 aromatic rings. The van der Waals surface area contributed by atoms with Crippen molar-refractivity contribution in [1.82, 2.24) is 0 Å². The molecule has 0 aliphatic carbocycles. The first kappa shape index (κ1) is 19.4. The Balaban J connectivity index is 2.30. The third kappa shape index (κ3) is 4.36. The molecule has 0 bridgehead atoms. The monoisotopic (exact) mass is 365 g/mol. The van der Waals surface area contributed by atoms with Crippen LogP contribution in [-0.4, -0.2) is 22.1 Å². The zero-order valence-corrected chi connectivity index (χ0v) is 13.8. The number of aliphatic hydroxyl groups excluding tert-OH is 2. The molecule has 2 rings (SSSR count). The average Bonchev–Trinajstić information content (AvgIpc) is 2.64. The fourth-order valence-electron chi connectivity index (χ4n) is 2.51. The van der Waals surface area contributed by atoms with Crippen molar-refractivity contribution in [1.29, 1.82) is 0 Å². The minimum Gasteiger partial charge on any atom is -0.504 e. The topological polar surface area (TPSA) is 62.0 Å². The molecule has 2 aliphatic rings. The van der Waals surface area contributed by atoms with Crippen LogP contribution < -0.4 is 0 Å². The highest BCUT2D eigenvalue weighted by molar-refractivity contribution is 6.03. The molecule has 7 heteroatoms. The number of nitrogens with zero attached hydrogens (tertiary/aromatic N) is 1. The largest absolute Gasteiger partial charge is 0.504 e. The lowest BCUT2D eigenvalue weighted by Gasteiger charge is -2.26. The highest BCUT2D eigenvalue weighted by Crippen LogP contribution is 2.37. The Morgan fingerprint density at radius 1 is 1.27 bits per heavy atom. The second kappa shape index (κ2) is 7.95. The molecule has 138 valence electrons. The molecule has 26 heavy (non-hydrogen) atoms. The lowest BCUT2D eigenvalue weighted by molar-refractivity contribution is -0.154. The van der Waals surface area contributed by atoms with Crippen molar-refractivity contribution in [2.75, 3.05) is 0 Å². The van der Waals surface area contributed by atoms with Gasteiger partial charge in [0.2, 0.25) is 0 Å². The highest BCUT2D eigenvalue weighted by atomic mass is 19.4. The van der Waals surface area contributed by atoms with E-state index in [1.165, 1.54) is 36.8 Å². The predicted molar refractivity (Wildman–Crippen MR) is 93.4 cm³/mol. The molecule has 0 saturated carbocycles. The molecule has 0 amide bonds. The van der Waals surface area contributed by atoms with E-state index in [0.29, 0.717) is 16.9 Å². The van der Waals surface area contributed by atoms with Gasteiger partial charge in [-0.25, -0.2) is 0 Å². The summed E-state index contributed by atoms with van der Waals surface area (Å²) < 4.78 is 45.2. The smallest absolute Gasteiger partial charge is 0.397 e. The number of hydrogen-bond donors (Lipinski definition) is 2. The van der Waals surface area contributed by atoms with Gasteiger partial charge < -0.3 is 14.9 Å². The second-order valence-electron chi connectivity index (χ2n) is 5.57. The number of aliphatic hydroxyl groups is 2. The zero-order valence-electron chi connectivity index (χ0n) is 13.8. The lowest BCUT2D eigenvalue weighted by atomic mass is 9.87. The molecule has 0 radical (unpaired) electrons. The van der Waals surface area contributed by atoms with Gasteiger partial charge >= 0.3 is 6.18 Å². The van der Waals surface area contributed by atoms with Gasteiger partial charge in [0.25, 0.3) is 0 Å². The van der Waals surface area contributed by atoms with Crippen LogP contribution in [-0.2, 0) is 4.74 Å². The summed E-state index contributed by atoms with van der Waals surface area (Å²) in [6.07, 6.45) is 4.57. The molecule has 1 atom stereocenters. The van der Waals surface area contributed by atoms with Crippen LogP contribution in [0.15, 0.2) is 89.4 Å². The molecule has 0 spiro atoms. The Bertz CT molecular complexity index is 780. The van der Waals surface area contributed by atoms with E-state index in [9.17, 15) is 23.4 Å². The van der Waals surface area contributed by atoms with Gasteiger partial charge in [0.15, 0.2) is 11.5 Å². The Hall–Kier alpha value is -2.96. The maximum Gasteiger partial charge on any atom is 0.397 e. The fraction of sp³-hybridized carbons (Fsp3) is 0.211. The number of halogens is 3. The summed E-state index contributed by atoms with van der Waals surface area (Å²) in [5.41, 5.74) is 0.681. The maximum atomic E-state index is 13.3. The van der Waals surface area contributed by atoms with Crippen LogP contribution in [0.25, 0.3) is 0 Å². The van der Waals surface area contributed by atoms with Crippen LogP contribution in [0.1, 0.15) is 12.8 Å². The van der Waals surface area contributed by atoms with Gasteiger partial charge in [0.1, 0.15) is 11.7 Å². The minimum absolute atomic E-state index is 0.0947. The molecular weight excluding hydrogens is 347 g/mol. The van der Waals surface area contributed by atoms with Gasteiger partial charge in [-0.2, -0.15) is 13.2 Å². The zero-order chi connectivity index (χ0) is 19.3. The SMILES string of the molecule is C=CC1=C(/C=C/C(O)=C(/O)C=C)CC(C2=NC=CCC2C(F)(F)F)=CO1. The van der Waals surface area contributed by atoms with Gasteiger partial charge in [-0.05, 0) is 30.2 Å². The van der Waals surface area contributed by atoms with Crippen LogP contribution in [0.3, 0.4) is 0 Å². The van der Waals surface area contributed by atoms with Gasteiger partial charge in [0, 0.05) is 18.2 Å². The first-order valence-corrected chi connectivity index (χ1v) is 7.71. The molecule has 0 saturated heterocycles. The van der Waals surface area contributed by atoms with E-state index in [0.717, 1.165) is 6.08 Å². The van der Waals surface area contributed by atoms with Gasteiger partial charge in [-0.1, -0.05) is 25.3 Å². The summed E-state index contributed by atoms with van der Waals surface area (Å²) >= 11 is 0. The first-order chi connectivity index (χ1) is 12.3. The van der Waals surface area contributed by atoms with E-state index in [1.807, 2.05) is 0 Å². The fourth-order valence-corrected chi connectivity index (χ4v) is 2.51. The van der Waals surface area contributed by atoms with Crippen molar-refractivity contribution in [3.8, 4) is 0 Å². The summed E-state index contributed by atoms with van der Waals surface area (Å²) in [6.45, 7) is 6.92. The van der Waals surface area contributed by atoms with Crippen molar-refractivity contribution in [3.05, 3.63) is 84.4 Å². The van der Waals surface area contributed by atoms with Crippen LogP contribution in [0, 0.1) is 5.92 Å². The summed E-state index contributed by atoms with van der Waals surface area (Å²) in [6, 6.07) is 0. The Morgan fingerprint density at radius 3 is 2.62 bits per heavy atom. The second-order valence-corrected chi connectivity index (χ2v) is 5.57. The minimum atomic E-state index is -4.42. The standard InChI is InChI=1S/C19H18F3NO3/c1-3-15(24)16(25)8-7-12-10-13(11-26-17(12)4-2)18-14(19(20,21)22)6-5-9-23-18/h3-5,7-9,11,14,24-25H,1-2,6,10H2/b8-7+,16-15-. The molecule has 4 nitrogen and oxygen atoms in total. The third-order valence-electron chi connectivity index (χ3n) is 3.85. The van der Waals surface area contributed by atoms with E-state index in [1.54, 1.807) is 0 Å². The number of hydrogen-bond acceptors (Lipinski definition) is 4. The number of allylic oxidation sites excluding steroid dienone is 7. The molecule has 2 heterocycles. The number of alkyl halides is 3. The van der Waals surface area contributed by atoms with Gasteiger partial charge in [-0.15, -0.1) is 0 Å². The molecule has 0 aromatic heterocycles. The van der Waals surface area contributed by atoms with Crippen LogP contribution >= 0.6 is 0 Å². The van der Waals surface area contributed by atoms with Crippen molar-refractivity contribution in [2.24, 2.45) is 10.9 Å². The summed E-state index contributed by atoms with van der Waals surface area (Å²) in [4.78, 5) is 3.91. The number of rotatable bonds is 5. The molecule has 2 aliphatic heterocycles. The van der Waals surface area contributed by atoms with E-state index < -0.39 is 23.6 Å². The average molecular weight is 365 g/mol. The molecule has 2 N–H and O–H groups in total. The van der Waals surface area contributed by atoms with Crippen LogP contribution in [0.2, 0.25) is 0 Å². The molecule has 1 unspecified atom stereocenters. The van der Waals surface area contributed by atoms with Gasteiger partial charge in [0.05, 0.1) is 12.0 Å². The normalized spacial score (nSPS) is 21.7. The predicted octanol–water partition coefficient (Wildman–Crippen LogP) is 5.34. The first-order valence-electron chi connectivity index (χ1n) is 7.71. The highest BCUT2D eigenvalue weighted by Gasteiger charge is 2.44. The summed E-state index contributed by atoms with van der Waals surface area (Å²) in [7, 11) is 0. The molecule has 0 fully saturated rings. The van der Waals surface area contributed by atoms with Crippen molar-refractivity contribution < 1.29 is 28.1 Å². The van der Waals surface area contributed by atoms with Crippen molar-refractivity contribution in [2.45, 2.75) is 19.0 Å². The quantitative estimate of drug-likeness (QED) is 0.511. The van der Waals surface area contributed by atoms with Crippen LogP contribution in [0.4, 0.5) is 13.2 Å². The molecular formula is C19H18F3NO3. The Morgan fingerprint density at radius 2 is 2.00 bits per heavy atom.